The van der Waals surface area contributed by atoms with Gasteiger partial charge in [-0.3, -0.25) is 4.79 Å². The van der Waals surface area contributed by atoms with E-state index >= 15 is 0 Å². The predicted octanol–water partition coefficient (Wildman–Crippen LogP) is 1.90. The third kappa shape index (κ3) is 3.34. The zero-order valence-electron chi connectivity index (χ0n) is 11.9. The minimum atomic E-state index is -1.04. The molecule has 0 saturated carbocycles. The highest BCUT2D eigenvalue weighted by atomic mass is 16.5. The van der Waals surface area contributed by atoms with Crippen LogP contribution in [0.25, 0.3) is 10.9 Å². The number of carboxylic acid groups (broad SMARTS) is 2. The van der Waals surface area contributed by atoms with Crippen LogP contribution in [0.4, 0.5) is 0 Å². The summed E-state index contributed by atoms with van der Waals surface area (Å²) in [4.78, 5) is 21.5. The number of nitrogens with zero attached hydrogens (tertiary/aromatic N) is 1. The quantitative estimate of drug-likeness (QED) is 0.848. The molecule has 1 atom stereocenters. The van der Waals surface area contributed by atoms with Crippen molar-refractivity contribution in [2.45, 2.75) is 13.3 Å². The molecule has 0 aliphatic heterocycles. The summed E-state index contributed by atoms with van der Waals surface area (Å²) in [6.45, 7) is 1.26. The molecule has 2 rings (SSSR count). The smallest absolute Gasteiger partial charge is 0.341 e. The third-order valence-corrected chi connectivity index (χ3v) is 3.35. The number of carboxylic acids is 2. The molecule has 0 aliphatic rings. The monoisotopic (exact) mass is 291 g/mol. The van der Waals surface area contributed by atoms with Gasteiger partial charge in [-0.1, -0.05) is 6.92 Å². The van der Waals surface area contributed by atoms with Crippen molar-refractivity contribution in [1.82, 2.24) is 4.57 Å². The summed E-state index contributed by atoms with van der Waals surface area (Å²) in [6.07, 6.45) is 2.31. The van der Waals surface area contributed by atoms with Gasteiger partial charge in [-0.25, -0.2) is 4.79 Å². The van der Waals surface area contributed by atoms with Gasteiger partial charge in [0.1, 0.15) is 5.75 Å². The standard InChI is InChI=1S/C15H17NO5/c1-9(15(19)20)5-10-7-16(2)13-4-3-11(6-12(10)13)21-8-14(17)18/h3-4,6-7,9H,5,8H2,1-2H3,(H,17,18)(H,19,20)/t9-/m0/s1. The van der Waals surface area contributed by atoms with E-state index in [0.29, 0.717) is 12.2 Å². The first-order valence-electron chi connectivity index (χ1n) is 6.54. The average Bonchev–Trinajstić information content (AvgIpc) is 2.72. The number of ether oxygens (including phenoxy) is 1. The van der Waals surface area contributed by atoms with Crippen molar-refractivity contribution in [2.24, 2.45) is 13.0 Å². The first kappa shape index (κ1) is 14.9. The number of hydrogen-bond acceptors (Lipinski definition) is 3. The number of rotatable bonds is 6. The van der Waals surface area contributed by atoms with Gasteiger partial charge in [0.15, 0.2) is 6.61 Å². The van der Waals surface area contributed by atoms with Gasteiger partial charge in [0.25, 0.3) is 0 Å². The fraction of sp³-hybridized carbons (Fsp3) is 0.333. The number of aryl methyl sites for hydroxylation is 1. The van der Waals surface area contributed by atoms with Crippen LogP contribution in [0.5, 0.6) is 5.75 Å². The molecule has 112 valence electrons. The van der Waals surface area contributed by atoms with Gasteiger partial charge in [0.2, 0.25) is 0 Å². The van der Waals surface area contributed by atoms with Crippen LogP contribution in [0.15, 0.2) is 24.4 Å². The Labute approximate surface area is 121 Å². The molecule has 0 unspecified atom stereocenters. The fourth-order valence-electron chi connectivity index (χ4n) is 2.27. The van der Waals surface area contributed by atoms with E-state index in [1.54, 1.807) is 19.1 Å². The topological polar surface area (TPSA) is 88.8 Å². The highest BCUT2D eigenvalue weighted by Crippen LogP contribution is 2.27. The molecule has 1 heterocycles. The van der Waals surface area contributed by atoms with Crippen molar-refractivity contribution in [2.75, 3.05) is 6.61 Å². The lowest BCUT2D eigenvalue weighted by Gasteiger charge is -2.06. The van der Waals surface area contributed by atoms with E-state index in [2.05, 4.69) is 0 Å². The van der Waals surface area contributed by atoms with Crippen LogP contribution in [-0.4, -0.2) is 33.3 Å². The number of fused-ring (bicyclic) bond motifs is 1. The number of hydrogen-bond donors (Lipinski definition) is 2. The average molecular weight is 291 g/mol. The molecule has 0 saturated heterocycles. The lowest BCUT2D eigenvalue weighted by atomic mass is 10.0. The Kier molecular flexibility index (Phi) is 4.16. The van der Waals surface area contributed by atoms with Crippen LogP contribution in [-0.2, 0) is 23.1 Å². The van der Waals surface area contributed by atoms with E-state index in [1.807, 2.05) is 23.9 Å². The molecule has 0 fully saturated rings. The minimum absolute atomic E-state index is 0.404. The Morgan fingerprint density at radius 3 is 2.67 bits per heavy atom. The maximum absolute atomic E-state index is 11.0. The lowest BCUT2D eigenvalue weighted by Crippen LogP contribution is -2.12. The van der Waals surface area contributed by atoms with Crippen molar-refractivity contribution in [3.8, 4) is 5.75 Å². The third-order valence-electron chi connectivity index (χ3n) is 3.35. The van der Waals surface area contributed by atoms with Crippen LogP contribution in [0.2, 0.25) is 0 Å². The van der Waals surface area contributed by atoms with Crippen LogP contribution in [0, 0.1) is 5.92 Å². The summed E-state index contributed by atoms with van der Waals surface area (Å²) in [6, 6.07) is 5.29. The van der Waals surface area contributed by atoms with E-state index in [0.717, 1.165) is 16.5 Å². The van der Waals surface area contributed by atoms with E-state index in [-0.39, 0.29) is 0 Å². The Morgan fingerprint density at radius 2 is 2.05 bits per heavy atom. The molecular formula is C15H17NO5. The van der Waals surface area contributed by atoms with E-state index < -0.39 is 24.5 Å². The molecule has 1 aromatic carbocycles. The van der Waals surface area contributed by atoms with Gasteiger partial charge in [-0.2, -0.15) is 0 Å². The van der Waals surface area contributed by atoms with Gasteiger partial charge in [0, 0.05) is 24.1 Å². The molecule has 21 heavy (non-hydrogen) atoms. The second-order valence-electron chi connectivity index (χ2n) is 5.07. The van der Waals surface area contributed by atoms with E-state index in [4.69, 9.17) is 14.9 Å². The van der Waals surface area contributed by atoms with Gasteiger partial charge < -0.3 is 19.5 Å². The van der Waals surface area contributed by atoms with Crippen LogP contribution >= 0.6 is 0 Å². The fourth-order valence-corrected chi connectivity index (χ4v) is 2.27. The zero-order chi connectivity index (χ0) is 15.6. The summed E-state index contributed by atoms with van der Waals surface area (Å²) in [7, 11) is 1.88. The minimum Gasteiger partial charge on any atom is -0.482 e. The van der Waals surface area contributed by atoms with Crippen molar-refractivity contribution in [3.05, 3.63) is 30.0 Å². The molecule has 0 bridgehead atoms. The second-order valence-corrected chi connectivity index (χ2v) is 5.07. The second kappa shape index (κ2) is 5.87. The summed E-state index contributed by atoms with van der Waals surface area (Å²) in [5, 5.41) is 18.5. The van der Waals surface area contributed by atoms with Gasteiger partial charge in [-0.05, 0) is 30.2 Å². The number of benzene rings is 1. The highest BCUT2D eigenvalue weighted by molar-refractivity contribution is 5.86. The summed E-state index contributed by atoms with van der Waals surface area (Å²) < 4.78 is 7.08. The highest BCUT2D eigenvalue weighted by Gasteiger charge is 2.16. The molecule has 6 nitrogen and oxygen atoms in total. The predicted molar refractivity (Wildman–Crippen MR) is 76.6 cm³/mol. The van der Waals surface area contributed by atoms with Crippen molar-refractivity contribution >= 4 is 22.8 Å². The molecular weight excluding hydrogens is 274 g/mol. The maximum Gasteiger partial charge on any atom is 0.341 e. The maximum atomic E-state index is 11.0. The Bertz CT molecular complexity index is 689. The van der Waals surface area contributed by atoms with Crippen molar-refractivity contribution < 1.29 is 24.5 Å². The Morgan fingerprint density at radius 1 is 1.33 bits per heavy atom. The Balaban J connectivity index is 2.34. The number of aliphatic carboxylic acids is 2. The SMILES string of the molecule is C[C@@H](Cc1cn(C)c2ccc(OCC(=O)O)cc12)C(=O)O. The molecule has 2 N–H and O–H groups in total. The Hall–Kier alpha value is -2.50. The van der Waals surface area contributed by atoms with Crippen LogP contribution < -0.4 is 4.74 Å². The van der Waals surface area contributed by atoms with Crippen molar-refractivity contribution in [3.63, 3.8) is 0 Å². The number of carbonyl (C=O) groups is 2. The first-order valence-corrected chi connectivity index (χ1v) is 6.54. The summed E-state index contributed by atoms with van der Waals surface area (Å²) >= 11 is 0. The van der Waals surface area contributed by atoms with Crippen molar-refractivity contribution in [1.29, 1.82) is 0 Å². The van der Waals surface area contributed by atoms with E-state index in [1.165, 1.54) is 0 Å². The molecule has 0 aliphatic carbocycles. The summed E-state index contributed by atoms with van der Waals surface area (Å²) in [5.74, 6) is -1.91. The lowest BCUT2D eigenvalue weighted by molar-refractivity contribution is -0.141. The molecule has 2 aromatic rings. The largest absolute Gasteiger partial charge is 0.482 e. The molecule has 0 spiro atoms. The zero-order valence-corrected chi connectivity index (χ0v) is 11.9. The normalized spacial score (nSPS) is 12.3. The molecule has 6 heteroatoms. The molecule has 0 amide bonds. The van der Waals surface area contributed by atoms with Crippen LogP contribution in [0.3, 0.4) is 0 Å². The van der Waals surface area contributed by atoms with Crippen LogP contribution in [0.1, 0.15) is 12.5 Å². The van der Waals surface area contributed by atoms with Gasteiger partial charge >= 0.3 is 11.9 Å². The first-order chi connectivity index (χ1) is 9.88. The van der Waals surface area contributed by atoms with E-state index in [9.17, 15) is 9.59 Å². The van der Waals surface area contributed by atoms with Gasteiger partial charge in [-0.15, -0.1) is 0 Å². The molecule has 1 aromatic heterocycles. The number of aromatic nitrogens is 1. The summed E-state index contributed by atoms with van der Waals surface area (Å²) in [5.41, 5.74) is 1.86. The van der Waals surface area contributed by atoms with Gasteiger partial charge in [0.05, 0.1) is 5.92 Å². The molecule has 0 radical (unpaired) electrons.